The fourth-order valence-electron chi connectivity index (χ4n) is 2.76. The quantitative estimate of drug-likeness (QED) is 0.589. The summed E-state index contributed by atoms with van der Waals surface area (Å²) >= 11 is 0. The van der Waals surface area contributed by atoms with Crippen molar-refractivity contribution < 1.29 is 9.13 Å². The zero-order chi connectivity index (χ0) is 15.1. The molecule has 108 valence electrons. The Kier molecular flexibility index (Phi) is 2.82. The molecule has 2 aromatic carbocycles. The van der Waals surface area contributed by atoms with E-state index in [1.807, 2.05) is 24.3 Å². The largest absolute Gasteiger partial charge is 0.497 e. The lowest BCUT2D eigenvalue weighted by Gasteiger charge is -2.02. The molecule has 0 saturated carbocycles. The smallest absolute Gasteiger partial charge is 0.123 e. The Morgan fingerprint density at radius 2 is 1.82 bits per heavy atom. The van der Waals surface area contributed by atoms with Crippen LogP contribution in [0.2, 0.25) is 0 Å². The fourth-order valence-corrected chi connectivity index (χ4v) is 2.76. The monoisotopic (exact) mass is 292 g/mol. The van der Waals surface area contributed by atoms with Gasteiger partial charge in [-0.1, -0.05) is 0 Å². The molecule has 4 heteroatoms. The molecule has 1 N–H and O–H groups in total. The van der Waals surface area contributed by atoms with Crippen molar-refractivity contribution in [3.63, 3.8) is 0 Å². The number of fused-ring (bicyclic) bond motifs is 3. The van der Waals surface area contributed by atoms with E-state index in [4.69, 9.17) is 4.74 Å². The Bertz CT molecular complexity index is 974. The number of methoxy groups -OCH3 is 1. The Hall–Kier alpha value is -2.88. The van der Waals surface area contributed by atoms with Gasteiger partial charge < -0.3 is 9.72 Å². The van der Waals surface area contributed by atoms with Crippen LogP contribution >= 0.6 is 0 Å². The number of nitrogens with one attached hydrogen (secondary N) is 1. The Morgan fingerprint density at radius 1 is 1.00 bits per heavy atom. The van der Waals surface area contributed by atoms with E-state index >= 15 is 0 Å². The summed E-state index contributed by atoms with van der Waals surface area (Å²) in [5.74, 6) is 0.561. The molecule has 0 aliphatic carbocycles. The zero-order valence-electron chi connectivity index (χ0n) is 11.9. The minimum Gasteiger partial charge on any atom is -0.497 e. The van der Waals surface area contributed by atoms with Crippen molar-refractivity contribution in [3.8, 4) is 17.0 Å². The van der Waals surface area contributed by atoms with Gasteiger partial charge in [0.25, 0.3) is 0 Å². The van der Waals surface area contributed by atoms with Crippen molar-refractivity contribution in [3.05, 3.63) is 60.5 Å². The van der Waals surface area contributed by atoms with Crippen LogP contribution in [0.4, 0.5) is 4.39 Å². The number of halogens is 1. The lowest BCUT2D eigenvalue weighted by molar-refractivity contribution is 0.415. The molecule has 0 saturated heterocycles. The Morgan fingerprint density at radius 3 is 2.59 bits per heavy atom. The summed E-state index contributed by atoms with van der Waals surface area (Å²) in [6.07, 6.45) is 1.77. The first-order valence-corrected chi connectivity index (χ1v) is 6.96. The van der Waals surface area contributed by atoms with E-state index in [9.17, 15) is 4.39 Å². The number of rotatable bonds is 2. The Balaban J connectivity index is 2.02. The van der Waals surface area contributed by atoms with Gasteiger partial charge >= 0.3 is 0 Å². The summed E-state index contributed by atoms with van der Waals surface area (Å²) in [5.41, 5.74) is 3.66. The number of aromatic amines is 1. The number of pyridine rings is 1. The van der Waals surface area contributed by atoms with Crippen LogP contribution in [0.25, 0.3) is 33.1 Å². The van der Waals surface area contributed by atoms with Crippen LogP contribution < -0.4 is 4.74 Å². The first-order valence-electron chi connectivity index (χ1n) is 6.96. The number of benzene rings is 2. The molecule has 2 aromatic heterocycles. The lowest BCUT2D eigenvalue weighted by atomic mass is 10.1. The first-order chi connectivity index (χ1) is 10.8. The average molecular weight is 292 g/mol. The van der Waals surface area contributed by atoms with Crippen molar-refractivity contribution in [1.82, 2.24) is 9.97 Å². The molecule has 4 rings (SSSR count). The predicted molar refractivity (Wildman–Crippen MR) is 85.5 cm³/mol. The van der Waals surface area contributed by atoms with Crippen molar-refractivity contribution in [2.45, 2.75) is 0 Å². The van der Waals surface area contributed by atoms with Gasteiger partial charge in [0.05, 0.1) is 18.3 Å². The zero-order valence-corrected chi connectivity index (χ0v) is 11.9. The summed E-state index contributed by atoms with van der Waals surface area (Å²) in [7, 11) is 1.65. The van der Waals surface area contributed by atoms with E-state index in [2.05, 4.69) is 9.97 Å². The van der Waals surface area contributed by atoms with Crippen LogP contribution in [0.15, 0.2) is 54.7 Å². The third-order valence-corrected chi connectivity index (χ3v) is 3.85. The normalized spacial score (nSPS) is 11.2. The second kappa shape index (κ2) is 4.84. The number of H-pyrrole nitrogens is 1. The van der Waals surface area contributed by atoms with Crippen molar-refractivity contribution in [1.29, 1.82) is 0 Å². The molecule has 0 bridgehead atoms. The minimum atomic E-state index is -0.252. The molecule has 0 aliphatic heterocycles. The van der Waals surface area contributed by atoms with Crippen LogP contribution in [0.5, 0.6) is 5.75 Å². The highest BCUT2D eigenvalue weighted by Crippen LogP contribution is 2.33. The second-order valence-electron chi connectivity index (χ2n) is 5.13. The van der Waals surface area contributed by atoms with Gasteiger partial charge in [-0.3, -0.25) is 4.98 Å². The van der Waals surface area contributed by atoms with Crippen molar-refractivity contribution >= 4 is 21.8 Å². The maximum atomic E-state index is 13.1. The van der Waals surface area contributed by atoms with Crippen LogP contribution in [0.3, 0.4) is 0 Å². The van der Waals surface area contributed by atoms with E-state index in [-0.39, 0.29) is 5.82 Å². The fraction of sp³-hybridized carbons (Fsp3) is 0.0556. The maximum absolute atomic E-state index is 13.1. The highest BCUT2D eigenvalue weighted by Gasteiger charge is 2.11. The van der Waals surface area contributed by atoms with E-state index in [0.717, 1.165) is 38.8 Å². The summed E-state index contributed by atoms with van der Waals surface area (Å²) in [6, 6.07) is 14.3. The molecular formula is C18H13FN2O. The van der Waals surface area contributed by atoms with E-state index < -0.39 is 0 Å². The topological polar surface area (TPSA) is 37.9 Å². The molecule has 0 radical (unpaired) electrons. The molecule has 4 aromatic rings. The van der Waals surface area contributed by atoms with Crippen LogP contribution in [0.1, 0.15) is 0 Å². The van der Waals surface area contributed by atoms with Gasteiger partial charge in [-0.15, -0.1) is 0 Å². The molecule has 0 unspecified atom stereocenters. The molecule has 0 atom stereocenters. The number of ether oxygens (including phenoxy) is 1. The van der Waals surface area contributed by atoms with Gasteiger partial charge in [-0.2, -0.15) is 0 Å². The molecular weight excluding hydrogens is 279 g/mol. The molecule has 0 fully saturated rings. The van der Waals surface area contributed by atoms with Gasteiger partial charge in [-0.05, 0) is 48.5 Å². The SMILES string of the molecule is COc1ccc2[nH]c3c(-c4ccc(F)cc4)nccc3c2c1. The first kappa shape index (κ1) is 12.8. The van der Waals surface area contributed by atoms with E-state index in [1.165, 1.54) is 12.1 Å². The number of hydrogen-bond acceptors (Lipinski definition) is 2. The van der Waals surface area contributed by atoms with Gasteiger partial charge in [0.1, 0.15) is 11.6 Å². The van der Waals surface area contributed by atoms with Gasteiger partial charge in [0, 0.05) is 28.0 Å². The molecule has 0 aliphatic rings. The predicted octanol–water partition coefficient (Wildman–Crippen LogP) is 4.53. The molecule has 2 heterocycles. The second-order valence-corrected chi connectivity index (χ2v) is 5.13. The van der Waals surface area contributed by atoms with Crippen LogP contribution in [-0.2, 0) is 0 Å². The van der Waals surface area contributed by atoms with E-state index in [0.29, 0.717) is 0 Å². The van der Waals surface area contributed by atoms with Gasteiger partial charge in [0.2, 0.25) is 0 Å². The Labute approximate surface area is 126 Å². The highest BCUT2D eigenvalue weighted by molar-refractivity contribution is 6.11. The average Bonchev–Trinajstić information content (AvgIpc) is 2.93. The van der Waals surface area contributed by atoms with Crippen molar-refractivity contribution in [2.24, 2.45) is 0 Å². The standard InChI is InChI=1S/C18H13FN2O/c1-22-13-6-7-16-15(10-13)14-8-9-20-17(18(14)21-16)11-2-4-12(19)5-3-11/h2-10,21H,1H3. The van der Waals surface area contributed by atoms with Crippen molar-refractivity contribution in [2.75, 3.05) is 7.11 Å². The maximum Gasteiger partial charge on any atom is 0.123 e. The lowest BCUT2D eigenvalue weighted by Crippen LogP contribution is -1.85. The summed E-state index contributed by atoms with van der Waals surface area (Å²) < 4.78 is 18.4. The van der Waals surface area contributed by atoms with Crippen LogP contribution in [0, 0.1) is 5.82 Å². The third kappa shape index (κ3) is 1.92. The number of nitrogens with zero attached hydrogens (tertiary/aromatic N) is 1. The summed E-state index contributed by atoms with van der Waals surface area (Å²) in [6.45, 7) is 0. The molecule has 0 spiro atoms. The summed E-state index contributed by atoms with van der Waals surface area (Å²) in [5, 5.41) is 2.16. The highest BCUT2D eigenvalue weighted by atomic mass is 19.1. The number of aromatic nitrogens is 2. The summed E-state index contributed by atoms with van der Waals surface area (Å²) in [4.78, 5) is 7.86. The van der Waals surface area contributed by atoms with Gasteiger partial charge in [0.15, 0.2) is 0 Å². The third-order valence-electron chi connectivity index (χ3n) is 3.85. The van der Waals surface area contributed by atoms with Gasteiger partial charge in [-0.25, -0.2) is 4.39 Å². The number of hydrogen-bond donors (Lipinski definition) is 1. The minimum absolute atomic E-state index is 0.252. The molecule has 0 amide bonds. The molecule has 22 heavy (non-hydrogen) atoms. The van der Waals surface area contributed by atoms with E-state index in [1.54, 1.807) is 25.4 Å². The van der Waals surface area contributed by atoms with Crippen LogP contribution in [-0.4, -0.2) is 17.1 Å². The molecule has 3 nitrogen and oxygen atoms in total.